The second-order valence-corrected chi connectivity index (χ2v) is 5.57. The SMILES string of the molecule is Cc1ncc(N2CCC(O)(Cn3ccnn3)CC2)c(C#N)n1. The molecule has 3 rings (SSSR count). The second-order valence-electron chi connectivity index (χ2n) is 5.57. The van der Waals surface area contributed by atoms with E-state index in [4.69, 9.17) is 0 Å². The van der Waals surface area contributed by atoms with Crippen LogP contribution in [0.25, 0.3) is 0 Å². The number of anilines is 1. The predicted octanol–water partition coefficient (Wildman–Crippen LogP) is 0.280. The van der Waals surface area contributed by atoms with Crippen molar-refractivity contribution in [2.45, 2.75) is 31.9 Å². The lowest BCUT2D eigenvalue weighted by atomic mass is 9.91. The van der Waals surface area contributed by atoms with Gasteiger partial charge in [-0.15, -0.1) is 5.10 Å². The van der Waals surface area contributed by atoms with Gasteiger partial charge in [0.1, 0.15) is 11.9 Å². The second kappa shape index (κ2) is 5.69. The molecule has 0 saturated carbocycles. The minimum atomic E-state index is -0.803. The van der Waals surface area contributed by atoms with Crippen LogP contribution < -0.4 is 4.90 Å². The highest BCUT2D eigenvalue weighted by Crippen LogP contribution is 2.28. The van der Waals surface area contributed by atoms with E-state index in [9.17, 15) is 10.4 Å². The van der Waals surface area contributed by atoms with E-state index in [1.807, 2.05) is 4.90 Å². The first-order chi connectivity index (χ1) is 10.6. The zero-order valence-corrected chi connectivity index (χ0v) is 12.3. The molecule has 1 N–H and O–H groups in total. The van der Waals surface area contributed by atoms with E-state index < -0.39 is 5.60 Å². The summed E-state index contributed by atoms with van der Waals surface area (Å²) in [6.45, 7) is 3.48. The molecular weight excluding hydrogens is 282 g/mol. The lowest BCUT2D eigenvalue weighted by Crippen LogP contribution is -2.47. The molecule has 0 aromatic carbocycles. The van der Waals surface area contributed by atoms with E-state index in [1.165, 1.54) is 0 Å². The van der Waals surface area contributed by atoms with Crippen LogP contribution in [0.5, 0.6) is 0 Å². The van der Waals surface area contributed by atoms with Crippen LogP contribution in [0.4, 0.5) is 5.69 Å². The van der Waals surface area contributed by atoms with Gasteiger partial charge in [0.25, 0.3) is 0 Å². The Morgan fingerprint density at radius 2 is 2.18 bits per heavy atom. The zero-order valence-electron chi connectivity index (χ0n) is 12.3. The summed E-state index contributed by atoms with van der Waals surface area (Å²) < 4.78 is 1.64. The molecule has 0 unspecified atom stereocenters. The van der Waals surface area contributed by atoms with Crippen molar-refractivity contribution in [3.63, 3.8) is 0 Å². The van der Waals surface area contributed by atoms with Crippen LogP contribution >= 0.6 is 0 Å². The third-order valence-electron chi connectivity index (χ3n) is 3.96. The number of nitrogens with zero attached hydrogens (tertiary/aromatic N) is 7. The number of piperidine rings is 1. The Labute approximate surface area is 128 Å². The quantitative estimate of drug-likeness (QED) is 0.868. The molecule has 0 bridgehead atoms. The van der Waals surface area contributed by atoms with E-state index in [2.05, 4.69) is 26.3 Å². The highest BCUT2D eigenvalue weighted by Gasteiger charge is 2.34. The fourth-order valence-electron chi connectivity index (χ4n) is 2.72. The highest BCUT2D eigenvalue weighted by molar-refractivity contribution is 5.54. The molecule has 1 saturated heterocycles. The molecular formula is C14H17N7O. The van der Waals surface area contributed by atoms with Crippen molar-refractivity contribution in [2.24, 2.45) is 0 Å². The van der Waals surface area contributed by atoms with E-state index >= 15 is 0 Å². The van der Waals surface area contributed by atoms with Crippen molar-refractivity contribution in [1.82, 2.24) is 25.0 Å². The van der Waals surface area contributed by atoms with Gasteiger partial charge >= 0.3 is 0 Å². The topological polar surface area (TPSA) is 104 Å². The number of hydrogen-bond acceptors (Lipinski definition) is 7. The molecule has 0 amide bonds. The van der Waals surface area contributed by atoms with Gasteiger partial charge in [0.15, 0.2) is 5.69 Å². The molecule has 3 heterocycles. The van der Waals surface area contributed by atoms with Crippen LogP contribution in [0.1, 0.15) is 24.4 Å². The molecule has 0 spiro atoms. The molecule has 0 aliphatic carbocycles. The molecule has 22 heavy (non-hydrogen) atoms. The van der Waals surface area contributed by atoms with Crippen molar-refractivity contribution in [2.75, 3.05) is 18.0 Å². The first kappa shape index (κ1) is 14.4. The molecule has 2 aromatic heterocycles. The number of aromatic nitrogens is 5. The molecule has 0 radical (unpaired) electrons. The average molecular weight is 299 g/mol. The summed E-state index contributed by atoms with van der Waals surface area (Å²) in [5.41, 5.74) is 0.313. The summed E-state index contributed by atoms with van der Waals surface area (Å²) in [6.07, 6.45) is 6.20. The Balaban J connectivity index is 1.70. The summed E-state index contributed by atoms with van der Waals surface area (Å²) in [7, 11) is 0. The van der Waals surface area contributed by atoms with Crippen LogP contribution in [-0.2, 0) is 6.54 Å². The fourth-order valence-corrected chi connectivity index (χ4v) is 2.72. The summed E-state index contributed by atoms with van der Waals surface area (Å²) in [5, 5.41) is 27.5. The normalized spacial score (nSPS) is 17.2. The van der Waals surface area contributed by atoms with E-state index in [1.54, 1.807) is 30.2 Å². The molecule has 1 fully saturated rings. The van der Waals surface area contributed by atoms with Gasteiger partial charge in [0, 0.05) is 19.3 Å². The van der Waals surface area contributed by atoms with Crippen molar-refractivity contribution < 1.29 is 5.11 Å². The number of aryl methyl sites for hydroxylation is 1. The Morgan fingerprint density at radius 1 is 1.41 bits per heavy atom. The van der Waals surface area contributed by atoms with Gasteiger partial charge in [-0.25, -0.2) is 14.6 Å². The minimum absolute atomic E-state index is 0.384. The Kier molecular flexibility index (Phi) is 3.73. The fraction of sp³-hybridized carbons (Fsp3) is 0.500. The summed E-state index contributed by atoms with van der Waals surface area (Å²) in [5.74, 6) is 0.583. The van der Waals surface area contributed by atoms with Gasteiger partial charge < -0.3 is 10.0 Å². The molecule has 2 aromatic rings. The maximum atomic E-state index is 10.7. The Morgan fingerprint density at radius 3 is 2.82 bits per heavy atom. The number of rotatable bonds is 3. The van der Waals surface area contributed by atoms with Gasteiger partial charge in [-0.2, -0.15) is 5.26 Å². The molecule has 1 aliphatic heterocycles. The first-order valence-electron chi connectivity index (χ1n) is 7.15. The van der Waals surface area contributed by atoms with Gasteiger partial charge in [-0.3, -0.25) is 0 Å². The Hall–Kier alpha value is -2.53. The highest BCUT2D eigenvalue weighted by atomic mass is 16.3. The molecule has 1 aliphatic rings. The molecule has 8 nitrogen and oxygen atoms in total. The summed E-state index contributed by atoms with van der Waals surface area (Å²) >= 11 is 0. The van der Waals surface area contributed by atoms with Gasteiger partial charge in [-0.1, -0.05) is 5.21 Å². The minimum Gasteiger partial charge on any atom is -0.388 e. The van der Waals surface area contributed by atoms with E-state index in [-0.39, 0.29) is 0 Å². The van der Waals surface area contributed by atoms with Gasteiger partial charge in [0.2, 0.25) is 0 Å². The van der Waals surface area contributed by atoms with Crippen molar-refractivity contribution in [1.29, 1.82) is 5.26 Å². The van der Waals surface area contributed by atoms with Crippen LogP contribution in [0.2, 0.25) is 0 Å². The Bertz CT molecular complexity index is 684. The average Bonchev–Trinajstić information content (AvgIpc) is 3.00. The predicted molar refractivity (Wildman–Crippen MR) is 77.9 cm³/mol. The largest absolute Gasteiger partial charge is 0.388 e. The monoisotopic (exact) mass is 299 g/mol. The standard InChI is InChI=1S/C14H17N7O/c1-11-16-9-13(12(8-15)18-11)20-5-2-14(22,3-6-20)10-21-7-4-17-19-21/h4,7,9,22H,2-3,5-6,10H2,1H3. The molecule has 8 heteroatoms. The van der Waals surface area contributed by atoms with E-state index in [0.29, 0.717) is 44.0 Å². The third-order valence-corrected chi connectivity index (χ3v) is 3.96. The third kappa shape index (κ3) is 2.89. The zero-order chi connectivity index (χ0) is 15.6. The van der Waals surface area contributed by atoms with Crippen LogP contribution in [0.15, 0.2) is 18.6 Å². The first-order valence-corrected chi connectivity index (χ1v) is 7.15. The van der Waals surface area contributed by atoms with Crippen molar-refractivity contribution >= 4 is 5.69 Å². The van der Waals surface area contributed by atoms with Crippen molar-refractivity contribution in [3.05, 3.63) is 30.1 Å². The lowest BCUT2D eigenvalue weighted by molar-refractivity contribution is -0.00348. The van der Waals surface area contributed by atoms with Gasteiger partial charge in [-0.05, 0) is 19.8 Å². The number of nitriles is 1. The van der Waals surface area contributed by atoms with Gasteiger partial charge in [0.05, 0.1) is 30.2 Å². The van der Waals surface area contributed by atoms with Crippen molar-refractivity contribution in [3.8, 4) is 6.07 Å². The van der Waals surface area contributed by atoms with Crippen LogP contribution in [-0.4, -0.2) is 48.8 Å². The summed E-state index contributed by atoms with van der Waals surface area (Å²) in [4.78, 5) is 10.4. The lowest BCUT2D eigenvalue weighted by Gasteiger charge is -2.39. The van der Waals surface area contributed by atoms with Crippen LogP contribution in [0, 0.1) is 18.3 Å². The molecule has 0 atom stereocenters. The maximum absolute atomic E-state index is 10.7. The smallest absolute Gasteiger partial charge is 0.167 e. The maximum Gasteiger partial charge on any atom is 0.167 e. The van der Waals surface area contributed by atoms with E-state index in [0.717, 1.165) is 5.69 Å². The molecule has 114 valence electrons. The number of aliphatic hydroxyl groups is 1. The summed E-state index contributed by atoms with van der Waals surface area (Å²) in [6, 6.07) is 2.11. The number of hydrogen-bond donors (Lipinski definition) is 1. The van der Waals surface area contributed by atoms with Crippen LogP contribution in [0.3, 0.4) is 0 Å².